The molecule has 0 radical (unpaired) electrons. The molecule has 1 fully saturated rings. The molecule has 0 bridgehead atoms. The number of carbonyl (C=O) groups excluding carboxylic acids is 1. The topological polar surface area (TPSA) is 101 Å². The zero-order chi connectivity index (χ0) is 20.9. The Balaban J connectivity index is 1.70. The molecule has 1 heterocycles. The molecule has 0 saturated heterocycles. The Morgan fingerprint density at radius 3 is 2.55 bits per heavy atom. The van der Waals surface area contributed by atoms with Crippen molar-refractivity contribution in [2.45, 2.75) is 45.1 Å². The minimum Gasteiger partial charge on any atom is -0.481 e. The number of nitrogens with zero attached hydrogens (tertiary/aromatic N) is 2. The minimum atomic E-state index is -0.855. The molecule has 2 N–H and O–H groups in total. The van der Waals surface area contributed by atoms with Gasteiger partial charge in [0.1, 0.15) is 6.54 Å². The maximum Gasteiger partial charge on any atom is 0.303 e. The molecule has 0 aliphatic heterocycles. The molecule has 0 spiro atoms. The largest absolute Gasteiger partial charge is 0.481 e. The molecule has 29 heavy (non-hydrogen) atoms. The quantitative estimate of drug-likeness (QED) is 0.720. The molecule has 154 valence electrons. The van der Waals surface area contributed by atoms with Crippen LogP contribution in [0.25, 0.3) is 11.3 Å². The number of hydrogen-bond acceptors (Lipinski definition) is 4. The van der Waals surface area contributed by atoms with Crippen molar-refractivity contribution in [3.8, 4) is 11.3 Å². The van der Waals surface area contributed by atoms with Crippen LogP contribution in [0.15, 0.2) is 41.2 Å². The highest BCUT2D eigenvalue weighted by Gasteiger charge is 2.34. The third kappa shape index (κ3) is 5.44. The van der Waals surface area contributed by atoms with Crippen LogP contribution in [0.2, 0.25) is 5.02 Å². The molecule has 1 aromatic heterocycles. The van der Waals surface area contributed by atoms with Gasteiger partial charge in [0.2, 0.25) is 5.91 Å². The summed E-state index contributed by atoms with van der Waals surface area (Å²) in [6, 6.07) is 10.1. The van der Waals surface area contributed by atoms with E-state index in [-0.39, 0.29) is 25.4 Å². The van der Waals surface area contributed by atoms with E-state index in [2.05, 4.69) is 10.4 Å². The predicted molar refractivity (Wildman–Crippen MR) is 110 cm³/mol. The van der Waals surface area contributed by atoms with Crippen molar-refractivity contribution in [3.05, 3.63) is 51.8 Å². The second-order valence-corrected chi connectivity index (χ2v) is 8.01. The van der Waals surface area contributed by atoms with E-state index in [1.165, 1.54) is 6.07 Å². The molecule has 2 aromatic rings. The number of nitrogens with one attached hydrogen (secondary N) is 1. The second-order valence-electron chi connectivity index (χ2n) is 7.60. The number of rotatable bonds is 7. The third-order valence-electron chi connectivity index (χ3n) is 5.41. The minimum absolute atomic E-state index is 0.0352. The van der Waals surface area contributed by atoms with Crippen molar-refractivity contribution in [1.82, 2.24) is 15.1 Å². The Bertz CT molecular complexity index is 951. The van der Waals surface area contributed by atoms with Crippen molar-refractivity contribution in [2.75, 3.05) is 6.54 Å². The highest BCUT2D eigenvalue weighted by Crippen LogP contribution is 2.38. The number of benzene rings is 1. The molecule has 0 atom stereocenters. The second kappa shape index (κ2) is 9.22. The first-order valence-corrected chi connectivity index (χ1v) is 10.1. The fourth-order valence-corrected chi connectivity index (χ4v) is 4.12. The summed E-state index contributed by atoms with van der Waals surface area (Å²) in [5.41, 5.74) is 0.356. The number of halogens is 1. The van der Waals surface area contributed by atoms with Gasteiger partial charge in [0, 0.05) is 18.2 Å². The molecule has 7 nitrogen and oxygen atoms in total. The van der Waals surface area contributed by atoms with Crippen molar-refractivity contribution < 1.29 is 14.7 Å². The molecule has 1 amide bonds. The molecule has 0 unspecified atom stereocenters. The Labute approximate surface area is 173 Å². The zero-order valence-electron chi connectivity index (χ0n) is 16.1. The molecule has 3 rings (SSSR count). The van der Waals surface area contributed by atoms with E-state index in [0.29, 0.717) is 16.3 Å². The van der Waals surface area contributed by atoms with Crippen LogP contribution in [0.1, 0.15) is 38.5 Å². The highest BCUT2D eigenvalue weighted by atomic mass is 35.5. The van der Waals surface area contributed by atoms with Gasteiger partial charge in [0.25, 0.3) is 5.56 Å². The Hall–Kier alpha value is -2.67. The SMILES string of the molecule is O=C(O)CC1(CNC(=O)Cn2nc(-c3ccccc3Cl)ccc2=O)CCCCC1. The summed E-state index contributed by atoms with van der Waals surface area (Å²) in [6.07, 6.45) is 4.60. The van der Waals surface area contributed by atoms with E-state index in [1.54, 1.807) is 24.3 Å². The molecular formula is C21H24ClN3O4. The normalized spacial score (nSPS) is 15.6. The number of amides is 1. The number of aliphatic carboxylic acids is 1. The van der Waals surface area contributed by atoms with Gasteiger partial charge in [-0.1, -0.05) is 49.1 Å². The Kier molecular flexibility index (Phi) is 6.69. The van der Waals surface area contributed by atoms with Crippen molar-refractivity contribution >= 4 is 23.5 Å². The lowest BCUT2D eigenvalue weighted by atomic mass is 9.71. The number of hydrogen-bond donors (Lipinski definition) is 2. The Morgan fingerprint density at radius 2 is 1.86 bits per heavy atom. The summed E-state index contributed by atoms with van der Waals surface area (Å²) >= 11 is 6.19. The monoisotopic (exact) mass is 417 g/mol. The van der Waals surface area contributed by atoms with E-state index in [1.807, 2.05) is 6.07 Å². The van der Waals surface area contributed by atoms with Gasteiger partial charge in [-0.2, -0.15) is 5.10 Å². The van der Waals surface area contributed by atoms with Gasteiger partial charge in [0.05, 0.1) is 17.1 Å². The lowest BCUT2D eigenvalue weighted by Crippen LogP contribution is -2.42. The summed E-state index contributed by atoms with van der Waals surface area (Å²) in [5.74, 6) is -1.22. The standard InChI is InChI=1S/C21H24ClN3O4/c22-16-7-3-2-6-15(16)17-8-9-19(27)25(24-17)13-18(26)23-14-21(12-20(28)29)10-4-1-5-11-21/h2-3,6-9H,1,4-5,10-14H2,(H,23,26)(H,28,29). The van der Waals surface area contributed by atoms with E-state index in [0.717, 1.165) is 36.8 Å². The van der Waals surface area contributed by atoms with E-state index in [4.69, 9.17) is 11.6 Å². The molecule has 1 aliphatic carbocycles. The van der Waals surface area contributed by atoms with Crippen molar-refractivity contribution in [1.29, 1.82) is 0 Å². The summed E-state index contributed by atoms with van der Waals surface area (Å²) in [4.78, 5) is 35.9. The van der Waals surface area contributed by atoms with Gasteiger partial charge in [0.15, 0.2) is 0 Å². The van der Waals surface area contributed by atoms with Crippen LogP contribution in [-0.2, 0) is 16.1 Å². The molecular weight excluding hydrogens is 394 g/mol. The van der Waals surface area contributed by atoms with Crippen LogP contribution in [0.5, 0.6) is 0 Å². The maximum atomic E-state index is 12.5. The number of aromatic nitrogens is 2. The fraction of sp³-hybridized carbons (Fsp3) is 0.429. The summed E-state index contributed by atoms with van der Waals surface area (Å²) in [6.45, 7) is 0.0529. The van der Waals surface area contributed by atoms with E-state index in [9.17, 15) is 19.5 Å². The first-order chi connectivity index (χ1) is 13.9. The fourth-order valence-electron chi connectivity index (χ4n) is 3.89. The molecule has 1 aromatic carbocycles. The summed E-state index contributed by atoms with van der Waals surface area (Å²) in [7, 11) is 0. The van der Waals surface area contributed by atoms with Crippen LogP contribution in [0.4, 0.5) is 0 Å². The van der Waals surface area contributed by atoms with E-state index < -0.39 is 16.9 Å². The first-order valence-electron chi connectivity index (χ1n) is 9.70. The number of carboxylic acids is 1. The van der Waals surface area contributed by atoms with Gasteiger partial charge < -0.3 is 10.4 Å². The van der Waals surface area contributed by atoms with Gasteiger partial charge >= 0.3 is 5.97 Å². The van der Waals surface area contributed by atoms with E-state index >= 15 is 0 Å². The maximum absolute atomic E-state index is 12.5. The lowest BCUT2D eigenvalue weighted by Gasteiger charge is -2.36. The van der Waals surface area contributed by atoms with Crippen LogP contribution >= 0.6 is 11.6 Å². The highest BCUT2D eigenvalue weighted by molar-refractivity contribution is 6.33. The molecule has 1 aliphatic rings. The smallest absolute Gasteiger partial charge is 0.303 e. The average molecular weight is 418 g/mol. The van der Waals surface area contributed by atoms with Crippen molar-refractivity contribution in [3.63, 3.8) is 0 Å². The first kappa shape index (κ1) is 21.0. The zero-order valence-corrected chi connectivity index (χ0v) is 16.8. The summed E-state index contributed by atoms with van der Waals surface area (Å²) in [5, 5.41) is 16.8. The van der Waals surface area contributed by atoms with Crippen LogP contribution in [0, 0.1) is 5.41 Å². The molecule has 1 saturated carbocycles. The van der Waals surface area contributed by atoms with Gasteiger partial charge in [-0.15, -0.1) is 0 Å². The van der Waals surface area contributed by atoms with Crippen molar-refractivity contribution in [2.24, 2.45) is 5.41 Å². The third-order valence-corrected chi connectivity index (χ3v) is 5.74. The lowest BCUT2D eigenvalue weighted by molar-refractivity contribution is -0.140. The van der Waals surface area contributed by atoms with Gasteiger partial charge in [-0.3, -0.25) is 14.4 Å². The van der Waals surface area contributed by atoms with Crippen LogP contribution < -0.4 is 10.9 Å². The number of carbonyl (C=O) groups is 2. The van der Waals surface area contributed by atoms with Gasteiger partial charge in [-0.25, -0.2) is 4.68 Å². The van der Waals surface area contributed by atoms with Gasteiger partial charge in [-0.05, 0) is 30.4 Å². The number of carboxylic acid groups (broad SMARTS) is 1. The van der Waals surface area contributed by atoms with Crippen LogP contribution in [-0.4, -0.2) is 33.3 Å². The summed E-state index contributed by atoms with van der Waals surface area (Å²) < 4.78 is 1.10. The molecule has 8 heteroatoms. The Morgan fingerprint density at radius 1 is 1.14 bits per heavy atom. The van der Waals surface area contributed by atoms with Crippen LogP contribution in [0.3, 0.4) is 0 Å². The predicted octanol–water partition coefficient (Wildman–Crippen LogP) is 3.11. The average Bonchev–Trinajstić information content (AvgIpc) is 2.69.